The normalized spacial score (nSPS) is 18.6. The summed E-state index contributed by atoms with van der Waals surface area (Å²) in [4.78, 5) is 0. The number of ether oxygens (including phenoxy) is 1. The third-order valence-corrected chi connectivity index (χ3v) is 3.89. The summed E-state index contributed by atoms with van der Waals surface area (Å²) in [6.45, 7) is 2.99. The van der Waals surface area contributed by atoms with Crippen LogP contribution in [0.2, 0.25) is 0 Å². The average molecular weight is 251 g/mol. The lowest BCUT2D eigenvalue weighted by Crippen LogP contribution is -2.43. The van der Waals surface area contributed by atoms with Gasteiger partial charge in [-0.05, 0) is 37.5 Å². The Hall–Kier alpha value is -1.09. The van der Waals surface area contributed by atoms with Gasteiger partial charge in [-0.1, -0.05) is 25.3 Å². The molecule has 0 aromatic heterocycles. The van der Waals surface area contributed by atoms with E-state index in [1.807, 2.05) is 6.07 Å². The van der Waals surface area contributed by atoms with E-state index in [0.717, 1.165) is 12.1 Å². The third-order valence-electron chi connectivity index (χ3n) is 3.89. The zero-order valence-electron chi connectivity index (χ0n) is 11.3. The second-order valence-electron chi connectivity index (χ2n) is 5.44. The minimum absolute atomic E-state index is 0.217. The molecule has 1 aromatic carbocycles. The van der Waals surface area contributed by atoms with Crippen LogP contribution in [0.3, 0.4) is 0 Å². The number of methoxy groups -OCH3 is 1. The van der Waals surface area contributed by atoms with Gasteiger partial charge in [-0.25, -0.2) is 4.39 Å². The van der Waals surface area contributed by atoms with Crippen molar-refractivity contribution in [2.75, 3.05) is 7.11 Å². The molecule has 1 saturated carbocycles. The van der Waals surface area contributed by atoms with Crippen molar-refractivity contribution in [3.8, 4) is 5.75 Å². The Balaban J connectivity index is 1.95. The summed E-state index contributed by atoms with van der Waals surface area (Å²) < 4.78 is 18.5. The third kappa shape index (κ3) is 3.22. The molecule has 0 saturated heterocycles. The first kappa shape index (κ1) is 13.3. The van der Waals surface area contributed by atoms with Gasteiger partial charge in [0.05, 0.1) is 7.11 Å². The van der Waals surface area contributed by atoms with E-state index in [1.54, 1.807) is 12.1 Å². The summed E-state index contributed by atoms with van der Waals surface area (Å²) in [5, 5.41) is 3.57. The first-order chi connectivity index (χ1) is 8.63. The fourth-order valence-electron chi connectivity index (χ4n) is 2.64. The highest BCUT2D eigenvalue weighted by molar-refractivity contribution is 5.29. The number of rotatable bonds is 4. The molecule has 100 valence electrons. The zero-order chi connectivity index (χ0) is 13.0. The molecule has 1 aliphatic carbocycles. The molecule has 0 heterocycles. The molecule has 0 atom stereocenters. The van der Waals surface area contributed by atoms with E-state index in [-0.39, 0.29) is 11.4 Å². The molecule has 1 aliphatic rings. The molecule has 0 spiro atoms. The SMILES string of the molecule is COc1ccc(CNC2(C)CCCCC2)cc1F. The second-order valence-corrected chi connectivity index (χ2v) is 5.44. The Kier molecular flexibility index (Phi) is 4.23. The minimum Gasteiger partial charge on any atom is -0.494 e. The fraction of sp³-hybridized carbons (Fsp3) is 0.600. The highest BCUT2D eigenvalue weighted by atomic mass is 19.1. The number of nitrogens with one attached hydrogen (secondary N) is 1. The molecule has 3 heteroatoms. The van der Waals surface area contributed by atoms with Crippen molar-refractivity contribution in [1.82, 2.24) is 5.32 Å². The first-order valence-corrected chi connectivity index (χ1v) is 6.70. The van der Waals surface area contributed by atoms with Crippen LogP contribution in [0.1, 0.15) is 44.6 Å². The van der Waals surface area contributed by atoms with Crippen molar-refractivity contribution in [3.05, 3.63) is 29.6 Å². The Morgan fingerprint density at radius 2 is 2.00 bits per heavy atom. The molecule has 18 heavy (non-hydrogen) atoms. The van der Waals surface area contributed by atoms with Crippen molar-refractivity contribution < 1.29 is 9.13 Å². The summed E-state index contributed by atoms with van der Waals surface area (Å²) in [6.07, 6.45) is 6.35. The summed E-state index contributed by atoms with van der Waals surface area (Å²) in [6, 6.07) is 5.16. The van der Waals surface area contributed by atoms with Crippen molar-refractivity contribution in [2.45, 2.75) is 51.1 Å². The maximum absolute atomic E-state index is 13.6. The largest absolute Gasteiger partial charge is 0.494 e. The lowest BCUT2D eigenvalue weighted by molar-refractivity contribution is 0.252. The van der Waals surface area contributed by atoms with Crippen molar-refractivity contribution in [1.29, 1.82) is 0 Å². The summed E-state index contributed by atoms with van der Waals surface area (Å²) in [5.41, 5.74) is 1.19. The van der Waals surface area contributed by atoms with E-state index in [2.05, 4.69) is 12.2 Å². The molecule has 1 aromatic rings. The molecular weight excluding hydrogens is 229 g/mol. The van der Waals surface area contributed by atoms with Crippen LogP contribution in [0.25, 0.3) is 0 Å². The number of halogens is 1. The highest BCUT2D eigenvalue weighted by Gasteiger charge is 2.25. The molecule has 0 unspecified atom stereocenters. The van der Waals surface area contributed by atoms with Crippen LogP contribution < -0.4 is 10.1 Å². The standard InChI is InChI=1S/C15H22FNO/c1-15(8-4-3-5-9-15)17-11-12-6-7-14(18-2)13(16)10-12/h6-7,10,17H,3-5,8-9,11H2,1-2H3. The summed E-state index contributed by atoms with van der Waals surface area (Å²) in [5.74, 6) is 0.0215. The van der Waals surface area contributed by atoms with Crippen molar-refractivity contribution in [3.63, 3.8) is 0 Å². The van der Waals surface area contributed by atoms with Gasteiger partial charge in [-0.3, -0.25) is 0 Å². The van der Waals surface area contributed by atoms with Crippen LogP contribution in [0.15, 0.2) is 18.2 Å². The van der Waals surface area contributed by atoms with E-state index in [1.165, 1.54) is 39.2 Å². The van der Waals surface area contributed by atoms with Gasteiger partial charge in [0, 0.05) is 12.1 Å². The second kappa shape index (κ2) is 5.70. The smallest absolute Gasteiger partial charge is 0.165 e. The predicted octanol–water partition coefficient (Wildman–Crippen LogP) is 3.65. The van der Waals surface area contributed by atoms with Crippen LogP contribution in [0, 0.1) is 5.82 Å². The lowest BCUT2D eigenvalue weighted by Gasteiger charge is -2.34. The van der Waals surface area contributed by atoms with Crippen LogP contribution in [0.5, 0.6) is 5.75 Å². The summed E-state index contributed by atoms with van der Waals surface area (Å²) in [7, 11) is 1.49. The quantitative estimate of drug-likeness (QED) is 0.882. The van der Waals surface area contributed by atoms with Gasteiger partial charge >= 0.3 is 0 Å². The molecule has 0 radical (unpaired) electrons. The van der Waals surface area contributed by atoms with Crippen molar-refractivity contribution in [2.24, 2.45) is 0 Å². The zero-order valence-corrected chi connectivity index (χ0v) is 11.3. The maximum Gasteiger partial charge on any atom is 0.165 e. The van der Waals surface area contributed by atoms with Gasteiger partial charge in [0.25, 0.3) is 0 Å². The first-order valence-electron chi connectivity index (χ1n) is 6.70. The van der Waals surface area contributed by atoms with Crippen LogP contribution in [0.4, 0.5) is 4.39 Å². The lowest BCUT2D eigenvalue weighted by atomic mass is 9.83. The molecule has 1 fully saturated rings. The van der Waals surface area contributed by atoms with E-state index in [4.69, 9.17) is 4.74 Å². The molecule has 0 aliphatic heterocycles. The topological polar surface area (TPSA) is 21.3 Å². The Bertz CT molecular complexity index is 399. The molecule has 2 rings (SSSR count). The van der Waals surface area contributed by atoms with Gasteiger partial charge < -0.3 is 10.1 Å². The minimum atomic E-state index is -0.286. The van der Waals surface area contributed by atoms with Crippen LogP contribution in [-0.2, 0) is 6.54 Å². The number of hydrogen-bond acceptors (Lipinski definition) is 2. The maximum atomic E-state index is 13.6. The average Bonchev–Trinajstić information content (AvgIpc) is 2.38. The molecule has 0 amide bonds. The Morgan fingerprint density at radius 1 is 1.28 bits per heavy atom. The predicted molar refractivity (Wildman–Crippen MR) is 71.3 cm³/mol. The summed E-state index contributed by atoms with van der Waals surface area (Å²) >= 11 is 0. The fourth-order valence-corrected chi connectivity index (χ4v) is 2.64. The number of benzene rings is 1. The van der Waals surface area contributed by atoms with Gasteiger partial charge in [0.15, 0.2) is 11.6 Å². The number of hydrogen-bond donors (Lipinski definition) is 1. The van der Waals surface area contributed by atoms with Gasteiger partial charge in [0.2, 0.25) is 0 Å². The highest BCUT2D eigenvalue weighted by Crippen LogP contribution is 2.28. The molecular formula is C15H22FNO. The Morgan fingerprint density at radius 3 is 2.61 bits per heavy atom. The van der Waals surface area contributed by atoms with E-state index in [9.17, 15) is 4.39 Å². The van der Waals surface area contributed by atoms with E-state index >= 15 is 0 Å². The van der Waals surface area contributed by atoms with Gasteiger partial charge in [-0.2, -0.15) is 0 Å². The van der Waals surface area contributed by atoms with E-state index in [0.29, 0.717) is 5.75 Å². The molecule has 1 N–H and O–H groups in total. The van der Waals surface area contributed by atoms with E-state index < -0.39 is 0 Å². The van der Waals surface area contributed by atoms with Crippen molar-refractivity contribution >= 4 is 0 Å². The van der Waals surface area contributed by atoms with Gasteiger partial charge in [0.1, 0.15) is 0 Å². The molecule has 0 bridgehead atoms. The van der Waals surface area contributed by atoms with Crippen LogP contribution in [-0.4, -0.2) is 12.6 Å². The Labute approximate surface area is 109 Å². The van der Waals surface area contributed by atoms with Gasteiger partial charge in [-0.15, -0.1) is 0 Å². The monoisotopic (exact) mass is 251 g/mol. The van der Waals surface area contributed by atoms with Crippen LogP contribution >= 0.6 is 0 Å². The molecule has 2 nitrogen and oxygen atoms in total.